The number of amides is 1. The van der Waals surface area contributed by atoms with Crippen LogP contribution >= 0.6 is 23.1 Å². The Morgan fingerprint density at radius 2 is 2.07 bits per heavy atom. The molecule has 1 aliphatic carbocycles. The summed E-state index contributed by atoms with van der Waals surface area (Å²) in [6.07, 6.45) is 4.99. The smallest absolute Gasteiger partial charge is 0.233 e. The summed E-state index contributed by atoms with van der Waals surface area (Å²) in [6.45, 7) is 4.62. The number of hydrogen-bond acceptors (Lipinski definition) is 8. The lowest BCUT2D eigenvalue weighted by Crippen LogP contribution is -2.44. The number of carbonyl (C=O) groups is 1. The molecule has 7 nitrogen and oxygen atoms in total. The quantitative estimate of drug-likeness (QED) is 0.513. The molecule has 2 N–H and O–H groups in total. The van der Waals surface area contributed by atoms with Crippen LogP contribution in [0.5, 0.6) is 0 Å². The van der Waals surface area contributed by atoms with Crippen molar-refractivity contribution in [2.75, 3.05) is 29.5 Å². The van der Waals surface area contributed by atoms with E-state index in [1.54, 1.807) is 16.2 Å². The monoisotopic (exact) mass is 468 g/mol. The van der Waals surface area contributed by atoms with Crippen molar-refractivity contribution in [3.8, 4) is 0 Å². The minimum Gasteiger partial charge on any atom is -0.383 e. The van der Waals surface area contributed by atoms with E-state index in [4.69, 9.17) is 5.73 Å². The summed E-state index contributed by atoms with van der Waals surface area (Å²) in [5, 5.41) is 1.50. The van der Waals surface area contributed by atoms with Gasteiger partial charge in [-0.3, -0.25) is 4.79 Å². The van der Waals surface area contributed by atoms with Crippen molar-refractivity contribution in [1.82, 2.24) is 14.9 Å². The summed E-state index contributed by atoms with van der Waals surface area (Å²) in [4.78, 5) is 26.1. The van der Waals surface area contributed by atoms with Gasteiger partial charge in [0, 0.05) is 17.5 Å². The van der Waals surface area contributed by atoms with Crippen molar-refractivity contribution in [1.29, 1.82) is 0 Å². The van der Waals surface area contributed by atoms with E-state index in [2.05, 4.69) is 9.97 Å². The van der Waals surface area contributed by atoms with Gasteiger partial charge in [-0.05, 0) is 43.6 Å². The van der Waals surface area contributed by atoms with Crippen molar-refractivity contribution in [2.24, 2.45) is 5.92 Å². The molecule has 1 atom stereocenters. The van der Waals surface area contributed by atoms with Crippen LogP contribution in [0, 0.1) is 5.92 Å². The number of thioether (sulfide) groups is 1. The molecule has 2 aliphatic rings. The highest BCUT2D eigenvalue weighted by Gasteiger charge is 2.35. The molecule has 164 valence electrons. The van der Waals surface area contributed by atoms with Gasteiger partial charge in [-0.15, -0.1) is 11.3 Å². The molecule has 0 radical (unpaired) electrons. The van der Waals surface area contributed by atoms with Crippen LogP contribution in [0.25, 0.3) is 10.2 Å². The lowest BCUT2D eigenvalue weighted by molar-refractivity contribution is -0.130. The van der Waals surface area contributed by atoms with E-state index in [1.165, 1.54) is 35.0 Å². The number of anilines is 1. The van der Waals surface area contributed by atoms with E-state index in [-0.39, 0.29) is 35.1 Å². The Kier molecular flexibility index (Phi) is 6.28. The molecule has 1 fully saturated rings. The predicted molar refractivity (Wildman–Crippen MR) is 123 cm³/mol. The average Bonchev–Trinajstić information content (AvgIpc) is 3.23. The van der Waals surface area contributed by atoms with Gasteiger partial charge in [-0.25, -0.2) is 18.4 Å². The van der Waals surface area contributed by atoms with E-state index in [1.807, 2.05) is 13.8 Å². The summed E-state index contributed by atoms with van der Waals surface area (Å²) in [5.74, 6) is 1.10. The summed E-state index contributed by atoms with van der Waals surface area (Å²) in [7, 11) is -3.05. The van der Waals surface area contributed by atoms with Crippen LogP contribution < -0.4 is 5.73 Å². The van der Waals surface area contributed by atoms with Crippen LogP contribution in [-0.4, -0.2) is 59.0 Å². The summed E-state index contributed by atoms with van der Waals surface area (Å²) in [6, 6.07) is -0.233. The molecule has 0 aromatic carbocycles. The number of nitrogens with two attached hydrogens (primary N) is 1. The summed E-state index contributed by atoms with van der Waals surface area (Å²) in [5.41, 5.74) is 7.57. The van der Waals surface area contributed by atoms with Crippen molar-refractivity contribution in [3.63, 3.8) is 0 Å². The molecule has 0 spiro atoms. The van der Waals surface area contributed by atoms with Gasteiger partial charge in [-0.2, -0.15) is 0 Å². The zero-order valence-electron chi connectivity index (χ0n) is 17.4. The normalized spacial score (nSPS) is 20.6. The summed E-state index contributed by atoms with van der Waals surface area (Å²) >= 11 is 2.97. The van der Waals surface area contributed by atoms with Gasteiger partial charge < -0.3 is 10.6 Å². The number of carbonyl (C=O) groups excluding carboxylic acids is 1. The number of thiophene rings is 1. The standard InChI is InChI=1S/C20H28N4O3S3/c1-12(2)9-24(13-7-8-30(26,27)11-13)16(25)10-28-20-22-18(21)17-14-5-3-4-6-15(14)29-19(17)23-20/h12-13H,3-11H2,1-2H3,(H2,21,22,23). The van der Waals surface area contributed by atoms with E-state index in [0.29, 0.717) is 23.9 Å². The zero-order valence-corrected chi connectivity index (χ0v) is 19.8. The second-order valence-electron chi connectivity index (χ2n) is 8.57. The first-order valence-corrected chi connectivity index (χ1v) is 14.1. The number of nitrogens with zero attached hydrogens (tertiary/aromatic N) is 3. The van der Waals surface area contributed by atoms with Gasteiger partial charge in [0.25, 0.3) is 0 Å². The number of rotatable bonds is 6. The van der Waals surface area contributed by atoms with E-state index in [0.717, 1.165) is 23.1 Å². The third-order valence-corrected chi connectivity index (χ3v) is 9.45. The fourth-order valence-electron chi connectivity index (χ4n) is 4.31. The van der Waals surface area contributed by atoms with Crippen molar-refractivity contribution in [2.45, 2.75) is 57.1 Å². The first-order valence-electron chi connectivity index (χ1n) is 10.4. The number of nitrogen functional groups attached to an aromatic ring is 1. The number of fused-ring (bicyclic) bond motifs is 3. The maximum Gasteiger partial charge on any atom is 0.233 e. The largest absolute Gasteiger partial charge is 0.383 e. The zero-order chi connectivity index (χ0) is 21.5. The SMILES string of the molecule is CC(C)CN(C(=O)CSc1nc(N)c2c3c(sc2n1)CCCC3)C1CCS(=O)(=O)C1. The number of hydrogen-bond donors (Lipinski definition) is 1. The molecular weight excluding hydrogens is 440 g/mol. The lowest BCUT2D eigenvalue weighted by Gasteiger charge is -2.29. The second kappa shape index (κ2) is 8.63. The molecule has 1 amide bonds. The van der Waals surface area contributed by atoms with E-state index in [9.17, 15) is 13.2 Å². The molecule has 1 unspecified atom stereocenters. The van der Waals surface area contributed by atoms with Crippen LogP contribution in [0.2, 0.25) is 0 Å². The Hall–Kier alpha value is -1.39. The Morgan fingerprint density at radius 1 is 1.30 bits per heavy atom. The maximum absolute atomic E-state index is 13.0. The second-order valence-corrected chi connectivity index (χ2v) is 12.8. The Morgan fingerprint density at radius 3 is 2.77 bits per heavy atom. The highest BCUT2D eigenvalue weighted by atomic mass is 32.2. The molecule has 30 heavy (non-hydrogen) atoms. The molecule has 10 heteroatoms. The maximum atomic E-state index is 13.0. The van der Waals surface area contributed by atoms with Gasteiger partial charge in [0.05, 0.1) is 22.6 Å². The van der Waals surface area contributed by atoms with Gasteiger partial charge in [-0.1, -0.05) is 25.6 Å². The molecule has 3 heterocycles. The van der Waals surface area contributed by atoms with Crippen LogP contribution in [0.1, 0.15) is 43.6 Å². The van der Waals surface area contributed by atoms with Crippen molar-refractivity contribution < 1.29 is 13.2 Å². The van der Waals surface area contributed by atoms with Gasteiger partial charge in [0.15, 0.2) is 15.0 Å². The van der Waals surface area contributed by atoms with Crippen LogP contribution in [0.3, 0.4) is 0 Å². The molecule has 0 saturated carbocycles. The molecule has 4 rings (SSSR count). The fraction of sp³-hybridized carbons (Fsp3) is 0.650. The highest BCUT2D eigenvalue weighted by Crippen LogP contribution is 2.38. The topological polar surface area (TPSA) is 106 Å². The minimum absolute atomic E-state index is 0.0618. The lowest BCUT2D eigenvalue weighted by atomic mass is 9.97. The van der Waals surface area contributed by atoms with Gasteiger partial charge >= 0.3 is 0 Å². The molecule has 1 aliphatic heterocycles. The first kappa shape index (κ1) is 21.8. The van der Waals surface area contributed by atoms with E-state index >= 15 is 0 Å². The van der Waals surface area contributed by atoms with Crippen LogP contribution in [0.4, 0.5) is 5.82 Å². The molecule has 2 aromatic rings. The Labute approximate surface area is 185 Å². The average molecular weight is 469 g/mol. The molecular formula is C20H28N4O3S3. The fourth-order valence-corrected chi connectivity index (χ4v) is 8.10. The first-order chi connectivity index (χ1) is 14.2. The minimum atomic E-state index is -3.05. The summed E-state index contributed by atoms with van der Waals surface area (Å²) < 4.78 is 23.8. The third-order valence-electron chi connectivity index (χ3n) is 5.68. The van der Waals surface area contributed by atoms with Crippen molar-refractivity contribution >= 4 is 54.9 Å². The number of sulfone groups is 1. The van der Waals surface area contributed by atoms with Crippen LogP contribution in [-0.2, 0) is 27.5 Å². The number of aryl methyl sites for hydroxylation is 2. The van der Waals surface area contributed by atoms with Crippen LogP contribution in [0.15, 0.2) is 5.16 Å². The van der Waals surface area contributed by atoms with Gasteiger partial charge in [0.2, 0.25) is 5.91 Å². The molecule has 0 bridgehead atoms. The molecule has 1 saturated heterocycles. The van der Waals surface area contributed by atoms with Gasteiger partial charge in [0.1, 0.15) is 10.6 Å². The number of aromatic nitrogens is 2. The predicted octanol–water partition coefficient (Wildman–Crippen LogP) is 2.92. The Balaban J connectivity index is 1.49. The third kappa shape index (κ3) is 4.60. The Bertz CT molecular complexity index is 1060. The molecule has 2 aromatic heterocycles. The van der Waals surface area contributed by atoms with E-state index < -0.39 is 9.84 Å². The van der Waals surface area contributed by atoms with Crippen molar-refractivity contribution in [3.05, 3.63) is 10.4 Å². The highest BCUT2D eigenvalue weighted by molar-refractivity contribution is 7.99.